The van der Waals surface area contributed by atoms with Gasteiger partial charge in [-0.25, -0.2) is 0 Å². The number of rotatable bonds is 4. The number of anilines is 1. The highest BCUT2D eigenvalue weighted by atomic mass is 35.5. The molecule has 3 heterocycles. The molecule has 0 spiro atoms. The number of H-pyrrole nitrogens is 1. The molecular weight excluding hydrogens is 370 g/mol. The summed E-state index contributed by atoms with van der Waals surface area (Å²) in [6.07, 6.45) is 1.97. The van der Waals surface area contributed by atoms with Crippen molar-refractivity contribution in [1.29, 1.82) is 0 Å². The second kappa shape index (κ2) is 6.94. The molecule has 5 rings (SSSR count). The van der Waals surface area contributed by atoms with Crippen LogP contribution in [0.4, 0.5) is 5.69 Å². The van der Waals surface area contributed by atoms with Gasteiger partial charge in [-0.05, 0) is 60.2 Å². The van der Waals surface area contributed by atoms with E-state index >= 15 is 0 Å². The van der Waals surface area contributed by atoms with Crippen LogP contribution in [-0.4, -0.2) is 35.1 Å². The summed E-state index contributed by atoms with van der Waals surface area (Å²) in [6.45, 7) is 5.09. The van der Waals surface area contributed by atoms with E-state index in [1.807, 2.05) is 25.1 Å². The third kappa shape index (κ3) is 3.11. The number of piperazine rings is 1. The first-order chi connectivity index (χ1) is 13.6. The Bertz CT molecular complexity index is 1080. The molecule has 2 saturated heterocycles. The van der Waals surface area contributed by atoms with Crippen LogP contribution in [-0.2, 0) is 13.0 Å². The average molecular weight is 394 g/mol. The number of aryl methyl sites for hydroxylation is 1. The van der Waals surface area contributed by atoms with Crippen LogP contribution < -0.4 is 10.5 Å². The lowest BCUT2D eigenvalue weighted by molar-refractivity contribution is 0.230. The summed E-state index contributed by atoms with van der Waals surface area (Å²) in [7, 11) is 0. The van der Waals surface area contributed by atoms with E-state index in [1.54, 1.807) is 0 Å². The predicted molar refractivity (Wildman–Crippen MR) is 115 cm³/mol. The van der Waals surface area contributed by atoms with Gasteiger partial charge in [-0.3, -0.25) is 9.69 Å². The molecule has 2 aromatic carbocycles. The average Bonchev–Trinajstić information content (AvgIpc) is 3.28. The second-order valence-electron chi connectivity index (χ2n) is 8.00. The maximum atomic E-state index is 12.1. The molecule has 2 bridgehead atoms. The SMILES string of the molecule is CCc1cc2ccc(CN3C[C@H]4C[C@@H]3CN4c3ccc(Cl)cc3)cc2[nH]c1=O. The van der Waals surface area contributed by atoms with Crippen LogP contribution in [0.2, 0.25) is 5.02 Å². The minimum absolute atomic E-state index is 0.0333. The molecule has 5 heteroatoms. The Morgan fingerprint density at radius 3 is 2.61 bits per heavy atom. The number of nitrogens with one attached hydrogen (secondary N) is 1. The number of hydrogen-bond acceptors (Lipinski definition) is 3. The summed E-state index contributed by atoms with van der Waals surface area (Å²) in [5.41, 5.74) is 4.35. The highest BCUT2D eigenvalue weighted by molar-refractivity contribution is 6.30. The van der Waals surface area contributed by atoms with E-state index in [9.17, 15) is 4.79 Å². The molecule has 4 nitrogen and oxygen atoms in total. The van der Waals surface area contributed by atoms with Gasteiger partial charge in [0, 0.05) is 53.5 Å². The number of fused-ring (bicyclic) bond motifs is 3. The highest BCUT2D eigenvalue weighted by Gasteiger charge is 2.42. The Balaban J connectivity index is 1.32. The van der Waals surface area contributed by atoms with E-state index < -0.39 is 0 Å². The minimum atomic E-state index is 0.0333. The fourth-order valence-corrected chi connectivity index (χ4v) is 4.91. The minimum Gasteiger partial charge on any atom is -0.366 e. The lowest BCUT2D eigenvalue weighted by atomic mass is 10.1. The van der Waals surface area contributed by atoms with Crippen LogP contribution in [0.3, 0.4) is 0 Å². The van der Waals surface area contributed by atoms with Crippen molar-refractivity contribution in [1.82, 2.24) is 9.88 Å². The van der Waals surface area contributed by atoms with Gasteiger partial charge in [0.2, 0.25) is 0 Å². The summed E-state index contributed by atoms with van der Waals surface area (Å²) in [5, 5.41) is 1.90. The van der Waals surface area contributed by atoms with E-state index in [4.69, 9.17) is 11.6 Å². The summed E-state index contributed by atoms with van der Waals surface area (Å²) in [4.78, 5) is 20.3. The van der Waals surface area contributed by atoms with Gasteiger partial charge < -0.3 is 9.88 Å². The quantitative estimate of drug-likeness (QED) is 0.721. The number of aromatic amines is 1. The number of benzene rings is 2. The Labute approximate surface area is 169 Å². The van der Waals surface area contributed by atoms with E-state index in [0.29, 0.717) is 12.1 Å². The van der Waals surface area contributed by atoms with Gasteiger partial charge in [0.1, 0.15) is 0 Å². The monoisotopic (exact) mass is 393 g/mol. The first-order valence-corrected chi connectivity index (χ1v) is 10.4. The molecule has 0 saturated carbocycles. The van der Waals surface area contributed by atoms with E-state index in [1.165, 1.54) is 17.7 Å². The van der Waals surface area contributed by atoms with Gasteiger partial charge in [-0.15, -0.1) is 0 Å². The van der Waals surface area contributed by atoms with Crippen molar-refractivity contribution in [3.05, 3.63) is 75.0 Å². The molecule has 0 radical (unpaired) electrons. The number of aromatic nitrogens is 1. The molecular formula is C23H24ClN3O. The Hall–Kier alpha value is -2.30. The van der Waals surface area contributed by atoms with Crippen molar-refractivity contribution in [2.24, 2.45) is 0 Å². The van der Waals surface area contributed by atoms with Crippen molar-refractivity contribution in [2.75, 3.05) is 18.0 Å². The van der Waals surface area contributed by atoms with Crippen LogP contribution in [0, 0.1) is 0 Å². The molecule has 28 heavy (non-hydrogen) atoms. The summed E-state index contributed by atoms with van der Waals surface area (Å²) in [6, 6.07) is 17.8. The molecule has 2 aliphatic heterocycles. The lowest BCUT2D eigenvalue weighted by Crippen LogP contribution is -2.46. The number of halogens is 1. The van der Waals surface area contributed by atoms with Crippen LogP contribution in [0.5, 0.6) is 0 Å². The topological polar surface area (TPSA) is 39.3 Å². The third-order valence-electron chi connectivity index (χ3n) is 6.27. The van der Waals surface area contributed by atoms with E-state index in [0.717, 1.165) is 47.5 Å². The Morgan fingerprint density at radius 1 is 1.07 bits per heavy atom. The molecule has 0 amide bonds. The van der Waals surface area contributed by atoms with E-state index in [-0.39, 0.29) is 5.56 Å². The molecule has 0 unspecified atom stereocenters. The van der Waals surface area contributed by atoms with Crippen molar-refractivity contribution < 1.29 is 0 Å². The van der Waals surface area contributed by atoms with Crippen LogP contribution >= 0.6 is 11.6 Å². The molecule has 0 aliphatic carbocycles. The van der Waals surface area contributed by atoms with E-state index in [2.05, 4.69) is 45.1 Å². The first-order valence-electron chi connectivity index (χ1n) is 10.0. The number of hydrogen-bond donors (Lipinski definition) is 1. The zero-order valence-corrected chi connectivity index (χ0v) is 16.7. The van der Waals surface area contributed by atoms with Gasteiger partial charge in [0.15, 0.2) is 0 Å². The molecule has 1 N–H and O–H groups in total. The number of nitrogens with zero attached hydrogens (tertiary/aromatic N) is 2. The van der Waals surface area contributed by atoms with Crippen LogP contribution in [0.25, 0.3) is 10.9 Å². The molecule has 3 aromatic rings. The molecule has 144 valence electrons. The van der Waals surface area contributed by atoms with Gasteiger partial charge in [-0.2, -0.15) is 0 Å². The zero-order valence-electron chi connectivity index (χ0n) is 16.0. The largest absolute Gasteiger partial charge is 0.366 e. The van der Waals surface area contributed by atoms with Crippen molar-refractivity contribution in [3.63, 3.8) is 0 Å². The Morgan fingerprint density at radius 2 is 1.89 bits per heavy atom. The first kappa shape index (κ1) is 17.8. The predicted octanol–water partition coefficient (Wildman–Crippen LogP) is 4.21. The molecule has 1 aromatic heterocycles. The van der Waals surface area contributed by atoms with Crippen molar-refractivity contribution in [2.45, 2.75) is 38.4 Å². The zero-order chi connectivity index (χ0) is 19.3. The van der Waals surface area contributed by atoms with Crippen LogP contribution in [0.15, 0.2) is 53.3 Å². The maximum Gasteiger partial charge on any atom is 0.251 e. The fourth-order valence-electron chi connectivity index (χ4n) is 4.78. The number of likely N-dealkylation sites (tertiary alicyclic amines) is 1. The number of pyridine rings is 1. The second-order valence-corrected chi connectivity index (χ2v) is 8.44. The standard InChI is InChI=1S/C23H24ClN3O/c1-2-16-10-17-4-3-15(9-22(17)25-23(16)28)12-26-13-21-11-20(26)14-27(21)19-7-5-18(24)6-8-19/h3-10,20-21H,2,11-14H2,1H3,(H,25,28)/t20-,21-/m1/s1. The molecule has 2 atom stereocenters. The smallest absolute Gasteiger partial charge is 0.251 e. The fraction of sp³-hybridized carbons (Fsp3) is 0.348. The molecule has 2 fully saturated rings. The summed E-state index contributed by atoms with van der Waals surface area (Å²) < 4.78 is 0. The van der Waals surface area contributed by atoms with Gasteiger partial charge in [0.05, 0.1) is 0 Å². The normalized spacial score (nSPS) is 21.7. The van der Waals surface area contributed by atoms with Gasteiger partial charge in [-0.1, -0.05) is 30.7 Å². The maximum absolute atomic E-state index is 12.1. The molecule has 2 aliphatic rings. The van der Waals surface area contributed by atoms with Crippen LogP contribution in [0.1, 0.15) is 24.5 Å². The lowest BCUT2D eigenvalue weighted by Gasteiger charge is -2.35. The third-order valence-corrected chi connectivity index (χ3v) is 6.52. The highest BCUT2D eigenvalue weighted by Crippen LogP contribution is 2.35. The summed E-state index contributed by atoms with van der Waals surface area (Å²) in [5.74, 6) is 0. The van der Waals surface area contributed by atoms with Gasteiger partial charge >= 0.3 is 0 Å². The summed E-state index contributed by atoms with van der Waals surface area (Å²) >= 11 is 6.03. The van der Waals surface area contributed by atoms with Crippen molar-refractivity contribution in [3.8, 4) is 0 Å². The Kier molecular flexibility index (Phi) is 4.41. The van der Waals surface area contributed by atoms with Crippen molar-refractivity contribution >= 4 is 28.2 Å². The van der Waals surface area contributed by atoms with Gasteiger partial charge in [0.25, 0.3) is 5.56 Å².